The Morgan fingerprint density at radius 2 is 1.62 bits per heavy atom. The summed E-state index contributed by atoms with van der Waals surface area (Å²) in [7, 11) is 3.23. The fourth-order valence-electron chi connectivity index (χ4n) is 4.76. The summed E-state index contributed by atoms with van der Waals surface area (Å²) >= 11 is 6.16. The summed E-state index contributed by atoms with van der Waals surface area (Å²) in [5.41, 5.74) is 2.88. The number of nitrogens with zero attached hydrogens (tertiary/aromatic N) is 3. The smallest absolute Gasteiger partial charge is 0.331 e. The lowest BCUT2D eigenvalue weighted by molar-refractivity contribution is -0.00707. The van der Waals surface area contributed by atoms with Crippen molar-refractivity contribution >= 4 is 22.5 Å². The van der Waals surface area contributed by atoms with Crippen LogP contribution in [-0.2, 0) is 24.4 Å². The Kier molecular flexibility index (Phi) is 4.69. The molecule has 0 unspecified atom stereocenters. The summed E-state index contributed by atoms with van der Waals surface area (Å²) in [6, 6.07) is 17.4. The maximum Gasteiger partial charge on any atom is 0.331 e. The molecule has 2 aromatic carbocycles. The van der Waals surface area contributed by atoms with Gasteiger partial charge in [-0.25, -0.2) is 4.79 Å². The Balaban J connectivity index is 2.02. The molecule has 5 rings (SSSR count). The van der Waals surface area contributed by atoms with E-state index in [4.69, 9.17) is 16.3 Å². The second kappa shape index (κ2) is 7.22. The van der Waals surface area contributed by atoms with E-state index in [1.807, 2.05) is 54.6 Å². The number of fused-ring (bicyclic) bond motifs is 3. The molecule has 164 valence electrons. The SMILES string of the molecule is Cn1c(=O)c2c(-c3ccc(Cl)cc3)n3c(c2n(C)c1=O)[C@@H](c1ccccc1)OCC3(C)C. The maximum absolute atomic E-state index is 13.5. The van der Waals surface area contributed by atoms with Crippen molar-refractivity contribution < 1.29 is 4.74 Å². The highest BCUT2D eigenvalue weighted by Crippen LogP contribution is 2.45. The topological polar surface area (TPSA) is 58.2 Å². The molecule has 0 saturated heterocycles. The number of rotatable bonds is 2. The van der Waals surface area contributed by atoms with Crippen molar-refractivity contribution in [3.05, 3.63) is 91.7 Å². The fourth-order valence-corrected chi connectivity index (χ4v) is 4.89. The van der Waals surface area contributed by atoms with Crippen molar-refractivity contribution in [2.75, 3.05) is 6.61 Å². The predicted molar refractivity (Wildman–Crippen MR) is 126 cm³/mol. The molecule has 4 aromatic rings. The van der Waals surface area contributed by atoms with Gasteiger partial charge in [-0.3, -0.25) is 13.9 Å². The van der Waals surface area contributed by atoms with Gasteiger partial charge in [0.1, 0.15) is 6.10 Å². The second-order valence-electron chi connectivity index (χ2n) is 8.92. The van der Waals surface area contributed by atoms with Gasteiger partial charge in [-0.1, -0.05) is 54.1 Å². The minimum atomic E-state index is -0.449. The van der Waals surface area contributed by atoms with E-state index in [1.54, 1.807) is 11.6 Å². The van der Waals surface area contributed by atoms with Crippen LogP contribution in [0.4, 0.5) is 0 Å². The van der Waals surface area contributed by atoms with Gasteiger partial charge in [-0.05, 0) is 37.1 Å². The average molecular weight is 450 g/mol. The molecule has 1 aliphatic rings. The van der Waals surface area contributed by atoms with Gasteiger partial charge >= 0.3 is 5.69 Å². The maximum atomic E-state index is 13.5. The third kappa shape index (κ3) is 2.90. The van der Waals surface area contributed by atoms with E-state index in [9.17, 15) is 9.59 Å². The molecule has 0 spiro atoms. The molecule has 0 N–H and O–H groups in total. The molecule has 1 aliphatic heterocycles. The van der Waals surface area contributed by atoms with Gasteiger partial charge in [0.15, 0.2) is 0 Å². The largest absolute Gasteiger partial charge is 0.365 e. The monoisotopic (exact) mass is 449 g/mol. The van der Waals surface area contributed by atoms with Crippen molar-refractivity contribution in [2.24, 2.45) is 14.1 Å². The van der Waals surface area contributed by atoms with E-state index in [0.29, 0.717) is 22.5 Å². The third-order valence-electron chi connectivity index (χ3n) is 6.29. The standard InChI is InChI=1S/C25H24ClN3O3/c1-25(2)14-32-22(16-8-6-5-7-9-16)21-20-18(23(30)28(4)24(31)27(20)3)19(29(21)25)15-10-12-17(26)13-11-15/h5-13,22H,14H2,1-4H3/t22-/m1/s1. The average Bonchev–Trinajstić information content (AvgIpc) is 3.15. The van der Waals surface area contributed by atoms with E-state index in [2.05, 4.69) is 18.4 Å². The van der Waals surface area contributed by atoms with Crippen LogP contribution in [0.25, 0.3) is 22.2 Å². The Hall–Kier alpha value is -3.09. The van der Waals surface area contributed by atoms with Crippen LogP contribution >= 0.6 is 11.6 Å². The second-order valence-corrected chi connectivity index (χ2v) is 9.36. The number of halogens is 1. The van der Waals surface area contributed by atoms with Crippen molar-refractivity contribution in [1.29, 1.82) is 0 Å². The van der Waals surface area contributed by atoms with Crippen LogP contribution in [0.1, 0.15) is 31.2 Å². The summed E-state index contributed by atoms with van der Waals surface area (Å²) in [4.78, 5) is 26.4. The molecular formula is C25H24ClN3O3. The molecule has 3 heterocycles. The molecular weight excluding hydrogens is 426 g/mol. The Morgan fingerprint density at radius 1 is 0.969 bits per heavy atom. The lowest BCUT2D eigenvalue weighted by Gasteiger charge is -2.39. The number of hydrogen-bond donors (Lipinski definition) is 0. The van der Waals surface area contributed by atoms with Crippen LogP contribution in [0, 0.1) is 0 Å². The number of aromatic nitrogens is 3. The zero-order chi connectivity index (χ0) is 22.8. The minimum Gasteiger partial charge on any atom is -0.365 e. The normalized spacial score (nSPS) is 17.5. The van der Waals surface area contributed by atoms with Crippen molar-refractivity contribution in [1.82, 2.24) is 13.7 Å². The van der Waals surface area contributed by atoms with Crippen LogP contribution in [0.3, 0.4) is 0 Å². The molecule has 2 aromatic heterocycles. The molecule has 0 amide bonds. The Bertz CT molecular complexity index is 1460. The number of hydrogen-bond acceptors (Lipinski definition) is 3. The summed E-state index contributed by atoms with van der Waals surface area (Å²) in [6.45, 7) is 4.62. The van der Waals surface area contributed by atoms with Crippen molar-refractivity contribution in [3.8, 4) is 11.3 Å². The first-order valence-electron chi connectivity index (χ1n) is 10.5. The van der Waals surface area contributed by atoms with Gasteiger partial charge in [-0.15, -0.1) is 0 Å². The first kappa shape index (κ1) is 20.8. The fraction of sp³-hybridized carbons (Fsp3) is 0.280. The van der Waals surface area contributed by atoms with Gasteiger partial charge in [0.25, 0.3) is 5.56 Å². The highest BCUT2D eigenvalue weighted by molar-refractivity contribution is 6.30. The predicted octanol–water partition coefficient (Wildman–Crippen LogP) is 4.21. The minimum absolute atomic E-state index is 0.322. The molecule has 7 heteroatoms. The van der Waals surface area contributed by atoms with E-state index in [0.717, 1.165) is 22.5 Å². The lowest BCUT2D eigenvalue weighted by Crippen LogP contribution is -2.40. The zero-order valence-electron chi connectivity index (χ0n) is 18.4. The van der Waals surface area contributed by atoms with E-state index < -0.39 is 11.6 Å². The third-order valence-corrected chi connectivity index (χ3v) is 6.54. The van der Waals surface area contributed by atoms with E-state index >= 15 is 0 Å². The Morgan fingerprint density at radius 3 is 2.28 bits per heavy atom. The van der Waals surface area contributed by atoms with Gasteiger partial charge < -0.3 is 9.30 Å². The van der Waals surface area contributed by atoms with E-state index in [-0.39, 0.29) is 11.2 Å². The molecule has 0 fully saturated rings. The zero-order valence-corrected chi connectivity index (χ0v) is 19.2. The number of ether oxygens (including phenoxy) is 1. The molecule has 1 atom stereocenters. The molecule has 0 bridgehead atoms. The van der Waals surface area contributed by atoms with Crippen LogP contribution in [-0.4, -0.2) is 20.3 Å². The van der Waals surface area contributed by atoms with Crippen molar-refractivity contribution in [3.63, 3.8) is 0 Å². The van der Waals surface area contributed by atoms with Gasteiger partial charge in [0.2, 0.25) is 0 Å². The first-order valence-corrected chi connectivity index (χ1v) is 10.9. The Labute approximate surface area is 190 Å². The molecule has 0 aliphatic carbocycles. The van der Waals surface area contributed by atoms with Crippen LogP contribution < -0.4 is 11.2 Å². The summed E-state index contributed by atoms with van der Waals surface area (Å²) in [5.74, 6) is 0. The van der Waals surface area contributed by atoms with Crippen molar-refractivity contribution in [2.45, 2.75) is 25.5 Å². The van der Waals surface area contributed by atoms with Gasteiger partial charge in [-0.2, -0.15) is 0 Å². The molecule has 0 radical (unpaired) electrons. The van der Waals surface area contributed by atoms with Gasteiger partial charge in [0, 0.05) is 19.1 Å². The van der Waals surface area contributed by atoms with Crippen LogP contribution in [0.15, 0.2) is 64.2 Å². The molecule has 6 nitrogen and oxygen atoms in total. The lowest BCUT2D eigenvalue weighted by atomic mass is 9.98. The summed E-state index contributed by atoms with van der Waals surface area (Å²) in [6.07, 6.45) is -0.412. The quantitative estimate of drug-likeness (QED) is 0.460. The van der Waals surface area contributed by atoms with Crippen LogP contribution in [0.2, 0.25) is 5.02 Å². The molecule has 0 saturated carbocycles. The van der Waals surface area contributed by atoms with Crippen LogP contribution in [0.5, 0.6) is 0 Å². The summed E-state index contributed by atoms with van der Waals surface area (Å²) in [5, 5.41) is 1.12. The highest BCUT2D eigenvalue weighted by Gasteiger charge is 2.40. The number of benzene rings is 2. The first-order chi connectivity index (χ1) is 15.2. The number of aryl methyl sites for hydroxylation is 1. The van der Waals surface area contributed by atoms with Gasteiger partial charge in [0.05, 0.1) is 34.4 Å². The summed E-state index contributed by atoms with van der Waals surface area (Å²) < 4.78 is 11.3. The molecule has 32 heavy (non-hydrogen) atoms. The highest BCUT2D eigenvalue weighted by atomic mass is 35.5. The van der Waals surface area contributed by atoms with E-state index in [1.165, 1.54) is 11.6 Å².